The van der Waals surface area contributed by atoms with Crippen LogP contribution < -0.4 is 0 Å². The van der Waals surface area contributed by atoms with Crippen molar-refractivity contribution in [3.63, 3.8) is 0 Å². The molecule has 0 aromatic rings. The van der Waals surface area contributed by atoms with Gasteiger partial charge in [-0.25, -0.2) is 4.79 Å². The van der Waals surface area contributed by atoms with Crippen LogP contribution in [0.15, 0.2) is 12.2 Å². The number of carbonyl (C=O) groups is 2. The first-order chi connectivity index (χ1) is 4.81. The molecule has 0 aliphatic carbocycles. The Kier molecular flexibility index (Phi) is 5.33. The molecule has 0 unspecified atom stereocenters. The van der Waals surface area contributed by atoms with Gasteiger partial charge in [-0.05, 0) is 6.42 Å². The summed E-state index contributed by atoms with van der Waals surface area (Å²) in [7, 11) is 1.31. The van der Waals surface area contributed by atoms with Crippen LogP contribution in [0.2, 0.25) is 0 Å². The molecule has 56 valence electrons. The van der Waals surface area contributed by atoms with Crippen LogP contribution >= 0.6 is 0 Å². The molecule has 0 aliphatic heterocycles. The normalized spacial score (nSPS) is 9.70. The summed E-state index contributed by atoms with van der Waals surface area (Å²) in [6, 6.07) is 0. The Hall–Kier alpha value is -1.12. The summed E-state index contributed by atoms with van der Waals surface area (Å²) >= 11 is 0. The van der Waals surface area contributed by atoms with Gasteiger partial charge in [-0.3, -0.25) is 0 Å². The first-order valence-corrected chi connectivity index (χ1v) is 2.99. The molecule has 10 heavy (non-hydrogen) atoms. The van der Waals surface area contributed by atoms with E-state index in [-0.39, 0.29) is 5.97 Å². The van der Waals surface area contributed by atoms with Gasteiger partial charge in [-0.15, -0.1) is 0 Å². The van der Waals surface area contributed by atoms with Crippen molar-refractivity contribution in [3.05, 3.63) is 12.2 Å². The molecule has 0 rings (SSSR count). The van der Waals surface area contributed by atoms with Gasteiger partial charge in [0.1, 0.15) is 6.29 Å². The topological polar surface area (TPSA) is 43.4 Å². The van der Waals surface area contributed by atoms with Crippen LogP contribution in [0.4, 0.5) is 0 Å². The standard InChI is InChI=1S/C7H10O3/c1-10-7(9)5-3-2-4-6-8/h3,5-6H,2,4H2,1H3/b5-3-. The Morgan fingerprint density at radius 1 is 1.50 bits per heavy atom. The van der Waals surface area contributed by atoms with Crippen molar-refractivity contribution in [2.45, 2.75) is 12.8 Å². The quantitative estimate of drug-likeness (QED) is 0.251. The van der Waals surface area contributed by atoms with Crippen molar-refractivity contribution in [3.8, 4) is 0 Å². The van der Waals surface area contributed by atoms with E-state index in [1.807, 2.05) is 0 Å². The molecule has 0 atom stereocenters. The lowest BCUT2D eigenvalue weighted by atomic mass is 10.3. The van der Waals surface area contributed by atoms with Crippen LogP contribution in [0, 0.1) is 0 Å². The van der Waals surface area contributed by atoms with E-state index in [1.54, 1.807) is 6.08 Å². The monoisotopic (exact) mass is 142 g/mol. The number of methoxy groups -OCH3 is 1. The third-order valence-electron chi connectivity index (χ3n) is 0.906. The minimum Gasteiger partial charge on any atom is -0.466 e. The molecule has 0 saturated heterocycles. The van der Waals surface area contributed by atoms with E-state index in [4.69, 9.17) is 0 Å². The third kappa shape index (κ3) is 5.03. The molecular weight excluding hydrogens is 132 g/mol. The predicted octanol–water partition coefficient (Wildman–Crippen LogP) is 0.695. The molecule has 3 heteroatoms. The van der Waals surface area contributed by atoms with E-state index in [2.05, 4.69) is 4.74 Å². The van der Waals surface area contributed by atoms with Gasteiger partial charge in [-0.1, -0.05) is 6.08 Å². The Morgan fingerprint density at radius 3 is 2.70 bits per heavy atom. The van der Waals surface area contributed by atoms with E-state index in [9.17, 15) is 9.59 Å². The molecular formula is C7H10O3. The lowest BCUT2D eigenvalue weighted by molar-refractivity contribution is -0.134. The van der Waals surface area contributed by atoms with Crippen molar-refractivity contribution in [1.82, 2.24) is 0 Å². The second-order valence-corrected chi connectivity index (χ2v) is 1.67. The first kappa shape index (κ1) is 8.88. The van der Waals surface area contributed by atoms with Gasteiger partial charge in [0.15, 0.2) is 0 Å². The zero-order chi connectivity index (χ0) is 7.82. The summed E-state index contributed by atoms with van der Waals surface area (Å²) in [4.78, 5) is 20.1. The Labute approximate surface area is 59.7 Å². The van der Waals surface area contributed by atoms with Crippen molar-refractivity contribution >= 4 is 12.3 Å². The van der Waals surface area contributed by atoms with Crippen LogP contribution in [-0.4, -0.2) is 19.4 Å². The summed E-state index contributed by atoms with van der Waals surface area (Å²) in [5.74, 6) is -0.383. The van der Waals surface area contributed by atoms with Gasteiger partial charge in [-0.2, -0.15) is 0 Å². The SMILES string of the molecule is COC(=O)/C=C\CCC=O. The second kappa shape index (κ2) is 6.01. The summed E-state index contributed by atoms with van der Waals surface area (Å²) in [6.07, 6.45) is 4.78. The Bertz CT molecular complexity index is 138. The van der Waals surface area contributed by atoms with Crippen molar-refractivity contribution in [2.24, 2.45) is 0 Å². The number of allylic oxidation sites excluding steroid dienone is 1. The molecule has 0 amide bonds. The number of esters is 1. The van der Waals surface area contributed by atoms with Crippen molar-refractivity contribution in [1.29, 1.82) is 0 Å². The number of carbonyl (C=O) groups excluding carboxylic acids is 2. The number of rotatable bonds is 4. The fourth-order valence-electron chi connectivity index (χ4n) is 0.412. The fraction of sp³-hybridized carbons (Fsp3) is 0.429. The van der Waals surface area contributed by atoms with Crippen molar-refractivity contribution < 1.29 is 14.3 Å². The van der Waals surface area contributed by atoms with E-state index in [0.29, 0.717) is 12.8 Å². The van der Waals surface area contributed by atoms with Crippen LogP contribution in [0.3, 0.4) is 0 Å². The molecule has 0 fully saturated rings. The number of unbranched alkanes of at least 4 members (excludes halogenated alkanes) is 1. The summed E-state index contributed by atoms with van der Waals surface area (Å²) in [5.41, 5.74) is 0. The lowest BCUT2D eigenvalue weighted by Gasteiger charge is -1.87. The average molecular weight is 142 g/mol. The van der Waals surface area contributed by atoms with Crippen LogP contribution in [-0.2, 0) is 14.3 Å². The third-order valence-corrected chi connectivity index (χ3v) is 0.906. The van der Waals surface area contributed by atoms with Gasteiger partial charge in [0.05, 0.1) is 7.11 Å². The van der Waals surface area contributed by atoms with E-state index in [0.717, 1.165) is 6.29 Å². The molecule has 0 aromatic heterocycles. The zero-order valence-electron chi connectivity index (χ0n) is 5.87. The average Bonchev–Trinajstić information content (AvgIpc) is 1.98. The smallest absolute Gasteiger partial charge is 0.330 e. The highest BCUT2D eigenvalue weighted by molar-refractivity contribution is 5.81. The Morgan fingerprint density at radius 2 is 2.20 bits per heavy atom. The van der Waals surface area contributed by atoms with Crippen LogP contribution in [0.25, 0.3) is 0 Å². The molecule has 0 bridgehead atoms. The Balaban J connectivity index is 3.35. The summed E-state index contributed by atoms with van der Waals surface area (Å²) in [5, 5.41) is 0. The highest BCUT2D eigenvalue weighted by Gasteiger charge is 1.87. The largest absolute Gasteiger partial charge is 0.466 e. The number of hydrogen-bond donors (Lipinski definition) is 0. The molecule has 0 aromatic carbocycles. The van der Waals surface area contributed by atoms with E-state index in [1.165, 1.54) is 13.2 Å². The minimum atomic E-state index is -0.383. The maximum atomic E-state index is 10.4. The maximum Gasteiger partial charge on any atom is 0.330 e. The maximum absolute atomic E-state index is 10.4. The number of aldehydes is 1. The van der Waals surface area contributed by atoms with Crippen LogP contribution in [0.1, 0.15) is 12.8 Å². The molecule has 0 N–H and O–H groups in total. The zero-order valence-corrected chi connectivity index (χ0v) is 5.87. The lowest BCUT2D eigenvalue weighted by Crippen LogP contribution is -1.93. The molecule has 3 nitrogen and oxygen atoms in total. The van der Waals surface area contributed by atoms with Crippen molar-refractivity contribution in [2.75, 3.05) is 7.11 Å². The highest BCUT2D eigenvalue weighted by atomic mass is 16.5. The molecule has 0 radical (unpaired) electrons. The molecule has 0 heterocycles. The van der Waals surface area contributed by atoms with E-state index < -0.39 is 0 Å². The minimum absolute atomic E-state index is 0.383. The summed E-state index contributed by atoms with van der Waals surface area (Å²) in [6.45, 7) is 0. The molecule has 0 saturated carbocycles. The van der Waals surface area contributed by atoms with Gasteiger partial charge in [0.2, 0.25) is 0 Å². The molecule has 0 spiro atoms. The van der Waals surface area contributed by atoms with E-state index >= 15 is 0 Å². The van der Waals surface area contributed by atoms with Crippen LogP contribution in [0.5, 0.6) is 0 Å². The van der Waals surface area contributed by atoms with Gasteiger partial charge in [0, 0.05) is 12.5 Å². The fourth-order valence-corrected chi connectivity index (χ4v) is 0.412. The van der Waals surface area contributed by atoms with Gasteiger partial charge in [0.25, 0.3) is 0 Å². The number of ether oxygens (including phenoxy) is 1. The highest BCUT2D eigenvalue weighted by Crippen LogP contribution is 1.87. The predicted molar refractivity (Wildman–Crippen MR) is 36.5 cm³/mol. The summed E-state index contributed by atoms with van der Waals surface area (Å²) < 4.78 is 4.32. The van der Waals surface area contributed by atoms with Gasteiger partial charge >= 0.3 is 5.97 Å². The number of hydrogen-bond acceptors (Lipinski definition) is 3. The first-order valence-electron chi connectivity index (χ1n) is 2.99. The molecule has 0 aliphatic rings. The van der Waals surface area contributed by atoms with Gasteiger partial charge < -0.3 is 9.53 Å². The second-order valence-electron chi connectivity index (χ2n) is 1.67.